The summed E-state index contributed by atoms with van der Waals surface area (Å²) in [5, 5.41) is 9.27. The molecule has 1 aliphatic rings. The molecule has 0 spiro atoms. The van der Waals surface area contributed by atoms with Crippen LogP contribution in [0.15, 0.2) is 11.6 Å². The Morgan fingerprint density at radius 3 is 2.86 bits per heavy atom. The van der Waals surface area contributed by atoms with Gasteiger partial charge in [-0.15, -0.1) is 0 Å². The van der Waals surface area contributed by atoms with Crippen molar-refractivity contribution in [3.05, 3.63) is 11.6 Å². The smallest absolute Gasteiger partial charge is 0.187 e. The van der Waals surface area contributed by atoms with Gasteiger partial charge in [0.1, 0.15) is 6.10 Å². The zero-order valence-corrected chi connectivity index (χ0v) is 8.82. The highest BCUT2D eigenvalue weighted by molar-refractivity contribution is 5.98. The number of ether oxygens (including phenoxy) is 1. The molecule has 80 valence electrons. The quantitative estimate of drug-likeness (QED) is 0.701. The molecule has 0 aromatic carbocycles. The fourth-order valence-corrected chi connectivity index (χ4v) is 1.60. The Kier molecular flexibility index (Phi) is 4.29. The molecule has 0 aromatic heterocycles. The molecule has 1 N–H and O–H groups in total. The van der Waals surface area contributed by atoms with Crippen LogP contribution in [0.3, 0.4) is 0 Å². The van der Waals surface area contributed by atoms with E-state index in [9.17, 15) is 9.90 Å². The number of unbranched alkanes of at least 4 members (excludes halogenated alkanes) is 2. The molecule has 0 amide bonds. The van der Waals surface area contributed by atoms with Gasteiger partial charge >= 0.3 is 0 Å². The molecule has 3 nitrogen and oxygen atoms in total. The van der Waals surface area contributed by atoms with Crippen LogP contribution in [0.4, 0.5) is 0 Å². The summed E-state index contributed by atoms with van der Waals surface area (Å²) >= 11 is 0. The normalized spacial score (nSPS) is 27.6. The molecule has 0 aliphatic carbocycles. The minimum Gasteiger partial charge on any atom is -0.365 e. The van der Waals surface area contributed by atoms with Gasteiger partial charge in [0.2, 0.25) is 0 Å². The van der Waals surface area contributed by atoms with E-state index in [1.807, 2.05) is 0 Å². The molecule has 0 radical (unpaired) electrons. The molecule has 1 aliphatic heterocycles. The molecule has 0 bridgehead atoms. The zero-order valence-electron chi connectivity index (χ0n) is 8.82. The molecule has 0 aromatic rings. The van der Waals surface area contributed by atoms with Crippen molar-refractivity contribution in [1.82, 2.24) is 0 Å². The van der Waals surface area contributed by atoms with Gasteiger partial charge in [-0.3, -0.25) is 4.79 Å². The van der Waals surface area contributed by atoms with Gasteiger partial charge in [0.25, 0.3) is 0 Å². The minimum atomic E-state index is -0.903. The molecule has 1 rings (SSSR count). The molecule has 0 saturated heterocycles. The number of ketones is 1. The van der Waals surface area contributed by atoms with Crippen molar-refractivity contribution in [3.8, 4) is 0 Å². The van der Waals surface area contributed by atoms with Crippen molar-refractivity contribution in [3.63, 3.8) is 0 Å². The van der Waals surface area contributed by atoms with Gasteiger partial charge in [0.05, 0.1) is 0 Å². The predicted molar refractivity (Wildman–Crippen MR) is 53.8 cm³/mol. The van der Waals surface area contributed by atoms with Crippen LogP contribution in [-0.4, -0.2) is 23.3 Å². The van der Waals surface area contributed by atoms with Crippen LogP contribution in [-0.2, 0) is 9.53 Å². The number of aliphatic hydroxyl groups excluding tert-OH is 1. The van der Waals surface area contributed by atoms with Crippen molar-refractivity contribution in [1.29, 1.82) is 0 Å². The van der Waals surface area contributed by atoms with E-state index in [4.69, 9.17) is 4.74 Å². The highest BCUT2D eigenvalue weighted by atomic mass is 16.6. The monoisotopic (exact) mass is 198 g/mol. The maximum atomic E-state index is 11.6. The SMILES string of the molecule is CCCCCC1OC(O)C=C(C)C1=O. The summed E-state index contributed by atoms with van der Waals surface area (Å²) in [6.45, 7) is 3.84. The first kappa shape index (κ1) is 11.4. The Labute approximate surface area is 84.8 Å². The lowest BCUT2D eigenvalue weighted by Crippen LogP contribution is -2.34. The lowest BCUT2D eigenvalue weighted by atomic mass is 10.00. The van der Waals surface area contributed by atoms with Crippen LogP contribution in [0.2, 0.25) is 0 Å². The number of hydrogen-bond acceptors (Lipinski definition) is 3. The first-order valence-electron chi connectivity index (χ1n) is 5.21. The predicted octanol–water partition coefficient (Wildman–Crippen LogP) is 1.80. The first-order valence-corrected chi connectivity index (χ1v) is 5.21. The van der Waals surface area contributed by atoms with E-state index in [1.165, 1.54) is 6.08 Å². The lowest BCUT2D eigenvalue weighted by Gasteiger charge is -2.24. The summed E-state index contributed by atoms with van der Waals surface area (Å²) in [5.41, 5.74) is 0.616. The number of carbonyl (C=O) groups is 1. The van der Waals surface area contributed by atoms with Gasteiger partial charge in [0, 0.05) is 0 Å². The zero-order chi connectivity index (χ0) is 10.6. The van der Waals surface area contributed by atoms with Crippen LogP contribution in [0.1, 0.15) is 39.5 Å². The number of aliphatic hydroxyl groups is 1. The van der Waals surface area contributed by atoms with Crippen molar-refractivity contribution in [2.24, 2.45) is 0 Å². The fraction of sp³-hybridized carbons (Fsp3) is 0.727. The van der Waals surface area contributed by atoms with Crippen molar-refractivity contribution >= 4 is 5.78 Å². The van der Waals surface area contributed by atoms with E-state index in [-0.39, 0.29) is 5.78 Å². The third-order valence-electron chi connectivity index (χ3n) is 2.45. The fourth-order valence-electron chi connectivity index (χ4n) is 1.60. The summed E-state index contributed by atoms with van der Waals surface area (Å²) in [4.78, 5) is 11.6. The molecule has 2 atom stereocenters. The third-order valence-corrected chi connectivity index (χ3v) is 2.45. The second kappa shape index (κ2) is 5.27. The van der Waals surface area contributed by atoms with Gasteiger partial charge < -0.3 is 9.84 Å². The van der Waals surface area contributed by atoms with Crippen LogP contribution in [0, 0.1) is 0 Å². The molecular formula is C11H18O3. The topological polar surface area (TPSA) is 46.5 Å². The maximum Gasteiger partial charge on any atom is 0.187 e. The largest absolute Gasteiger partial charge is 0.365 e. The van der Waals surface area contributed by atoms with Gasteiger partial charge in [-0.05, 0) is 25.0 Å². The van der Waals surface area contributed by atoms with Crippen LogP contribution < -0.4 is 0 Å². The minimum absolute atomic E-state index is 0.0198. The number of Topliss-reactive ketones (excluding diaryl/α,β-unsaturated/α-hetero) is 1. The third kappa shape index (κ3) is 2.93. The molecule has 1 heterocycles. The standard InChI is InChI=1S/C11H18O3/c1-3-4-5-6-9-11(13)8(2)7-10(12)14-9/h7,9-10,12H,3-6H2,1-2H3. The van der Waals surface area contributed by atoms with Crippen molar-refractivity contribution in [2.75, 3.05) is 0 Å². The molecule has 2 unspecified atom stereocenters. The molecule has 3 heteroatoms. The Hall–Kier alpha value is -0.670. The summed E-state index contributed by atoms with van der Waals surface area (Å²) < 4.78 is 5.15. The summed E-state index contributed by atoms with van der Waals surface area (Å²) in [7, 11) is 0. The molecule has 0 saturated carbocycles. The van der Waals surface area contributed by atoms with Crippen molar-refractivity contribution < 1.29 is 14.6 Å². The van der Waals surface area contributed by atoms with Gasteiger partial charge in [-0.1, -0.05) is 26.2 Å². The van der Waals surface area contributed by atoms with Crippen molar-refractivity contribution in [2.45, 2.75) is 51.9 Å². The van der Waals surface area contributed by atoms with Crippen LogP contribution in [0.5, 0.6) is 0 Å². The maximum absolute atomic E-state index is 11.6. The van der Waals surface area contributed by atoms with Gasteiger partial charge in [-0.25, -0.2) is 0 Å². The Morgan fingerprint density at radius 2 is 2.21 bits per heavy atom. The molecular weight excluding hydrogens is 180 g/mol. The van der Waals surface area contributed by atoms with Gasteiger partial charge in [-0.2, -0.15) is 0 Å². The lowest BCUT2D eigenvalue weighted by molar-refractivity contribution is -0.150. The van der Waals surface area contributed by atoms with E-state index >= 15 is 0 Å². The van der Waals surface area contributed by atoms with E-state index < -0.39 is 12.4 Å². The van der Waals surface area contributed by atoms with Crippen LogP contribution >= 0.6 is 0 Å². The first-order chi connectivity index (χ1) is 6.65. The Morgan fingerprint density at radius 1 is 1.50 bits per heavy atom. The van der Waals surface area contributed by atoms with E-state index in [0.717, 1.165) is 25.7 Å². The highest BCUT2D eigenvalue weighted by Gasteiger charge is 2.27. The van der Waals surface area contributed by atoms with E-state index in [2.05, 4.69) is 6.92 Å². The number of carbonyl (C=O) groups excluding carboxylic acids is 1. The molecule has 14 heavy (non-hydrogen) atoms. The highest BCUT2D eigenvalue weighted by Crippen LogP contribution is 2.18. The van der Waals surface area contributed by atoms with E-state index in [0.29, 0.717) is 5.57 Å². The molecule has 0 fully saturated rings. The average molecular weight is 198 g/mol. The Bertz CT molecular complexity index is 233. The average Bonchev–Trinajstić information content (AvgIpc) is 2.13. The Balaban J connectivity index is 2.46. The van der Waals surface area contributed by atoms with Gasteiger partial charge in [0.15, 0.2) is 12.1 Å². The number of hydrogen-bond donors (Lipinski definition) is 1. The summed E-state index contributed by atoms with van der Waals surface area (Å²) in [6.07, 6.45) is 4.05. The van der Waals surface area contributed by atoms with Crippen LogP contribution in [0.25, 0.3) is 0 Å². The summed E-state index contributed by atoms with van der Waals surface area (Å²) in [6, 6.07) is 0. The van der Waals surface area contributed by atoms with E-state index in [1.54, 1.807) is 6.92 Å². The number of rotatable bonds is 4. The summed E-state index contributed by atoms with van der Waals surface area (Å²) in [5.74, 6) is 0.0198. The second-order valence-corrected chi connectivity index (χ2v) is 3.72. The second-order valence-electron chi connectivity index (χ2n) is 3.72.